The summed E-state index contributed by atoms with van der Waals surface area (Å²) in [6, 6.07) is 19.1. The second-order valence-electron chi connectivity index (χ2n) is 10.0. The van der Waals surface area contributed by atoms with Crippen LogP contribution in [0, 0.1) is 0 Å². The molecule has 0 spiro atoms. The van der Waals surface area contributed by atoms with Gasteiger partial charge in [-0.2, -0.15) is 0 Å². The summed E-state index contributed by atoms with van der Waals surface area (Å²) in [5.74, 6) is 0.427. The molecule has 11 heteroatoms. The van der Waals surface area contributed by atoms with Crippen LogP contribution in [0.5, 0.6) is 11.5 Å². The fraction of sp³-hybridized carbons (Fsp3) is 0.375. The average molecular weight is 675 g/mol. The molecule has 0 saturated carbocycles. The largest absolute Gasteiger partial charge is 0.497 e. The summed E-state index contributed by atoms with van der Waals surface area (Å²) in [7, 11) is -2.61. The number of amides is 2. The Balaban J connectivity index is 2.06. The van der Waals surface area contributed by atoms with Gasteiger partial charge in [0.2, 0.25) is 11.8 Å². The van der Waals surface area contributed by atoms with Crippen molar-refractivity contribution in [2.45, 2.75) is 64.1 Å². The second-order valence-corrected chi connectivity index (χ2v) is 12.8. The highest BCUT2D eigenvalue weighted by Crippen LogP contribution is 2.28. The zero-order chi connectivity index (χ0) is 31.6. The summed E-state index contributed by atoms with van der Waals surface area (Å²) < 4.78 is 40.6. The lowest BCUT2D eigenvalue weighted by Gasteiger charge is -2.33. The summed E-state index contributed by atoms with van der Waals surface area (Å²) in [5, 5.41) is 2.98. The molecule has 0 radical (unpaired) electrons. The number of hydrogen-bond donors (Lipinski definition) is 1. The molecule has 2 atom stereocenters. The van der Waals surface area contributed by atoms with Gasteiger partial charge in [0.05, 0.1) is 24.3 Å². The molecule has 0 aliphatic heterocycles. The van der Waals surface area contributed by atoms with Crippen molar-refractivity contribution in [2.75, 3.05) is 24.6 Å². The lowest BCUT2D eigenvalue weighted by molar-refractivity contribution is -0.140. The number of nitrogens with one attached hydrogen (secondary N) is 1. The number of hydrogen-bond acceptors (Lipinski definition) is 6. The molecule has 0 saturated heterocycles. The van der Waals surface area contributed by atoms with Crippen LogP contribution in [0.4, 0.5) is 5.69 Å². The Labute approximate surface area is 263 Å². The van der Waals surface area contributed by atoms with E-state index in [1.807, 2.05) is 39.8 Å². The monoisotopic (exact) mass is 673 g/mol. The number of benzene rings is 3. The van der Waals surface area contributed by atoms with Gasteiger partial charge in [0.1, 0.15) is 24.1 Å². The smallest absolute Gasteiger partial charge is 0.264 e. The van der Waals surface area contributed by atoms with Gasteiger partial charge in [0, 0.05) is 17.1 Å². The minimum absolute atomic E-state index is 0.0284. The van der Waals surface area contributed by atoms with E-state index in [0.717, 1.165) is 20.8 Å². The molecular formula is C32H40BrN3O6S. The highest BCUT2D eigenvalue weighted by Gasteiger charge is 2.34. The molecule has 0 aliphatic carbocycles. The van der Waals surface area contributed by atoms with E-state index in [0.29, 0.717) is 30.2 Å². The van der Waals surface area contributed by atoms with Crippen molar-refractivity contribution in [1.82, 2.24) is 10.2 Å². The van der Waals surface area contributed by atoms with Gasteiger partial charge in [-0.25, -0.2) is 8.42 Å². The summed E-state index contributed by atoms with van der Waals surface area (Å²) in [6.45, 7) is 7.59. The van der Waals surface area contributed by atoms with Crippen molar-refractivity contribution < 1.29 is 27.5 Å². The van der Waals surface area contributed by atoms with Crippen molar-refractivity contribution in [1.29, 1.82) is 0 Å². The van der Waals surface area contributed by atoms with Gasteiger partial charge in [0.25, 0.3) is 10.0 Å². The first-order valence-corrected chi connectivity index (χ1v) is 16.5. The number of ether oxygens (including phenoxy) is 2. The predicted octanol–water partition coefficient (Wildman–Crippen LogP) is 5.77. The number of methoxy groups -OCH3 is 1. The fourth-order valence-electron chi connectivity index (χ4n) is 4.43. The first-order chi connectivity index (χ1) is 20.5. The maximum Gasteiger partial charge on any atom is 0.264 e. The third-order valence-electron chi connectivity index (χ3n) is 7.02. The molecule has 232 valence electrons. The molecule has 2 amide bonds. The first-order valence-electron chi connectivity index (χ1n) is 14.3. The molecule has 3 aromatic carbocycles. The standard InChI is InChI=1S/C32H40BrN3O6S/c1-6-23(4)34-32(38)30(7-2)35(21-24-9-15-27(41-5)16-10-24)31(37)22-36(26-13-17-28(18-14-26)42-8-3)43(39,40)29-19-11-25(33)12-20-29/h9-20,23,30H,6-8,21-22H2,1-5H3,(H,34,38)/t23-,30-/m0/s1. The Hall–Kier alpha value is -3.57. The Kier molecular flexibility index (Phi) is 12.4. The quantitative estimate of drug-likeness (QED) is 0.220. The summed E-state index contributed by atoms with van der Waals surface area (Å²) in [6.07, 6.45) is 1.07. The van der Waals surface area contributed by atoms with E-state index < -0.39 is 28.5 Å². The number of halogens is 1. The lowest BCUT2D eigenvalue weighted by Crippen LogP contribution is -2.53. The highest BCUT2D eigenvalue weighted by atomic mass is 79.9. The lowest BCUT2D eigenvalue weighted by atomic mass is 10.1. The van der Waals surface area contributed by atoms with E-state index in [1.54, 1.807) is 55.6 Å². The molecule has 0 bridgehead atoms. The molecule has 0 aliphatic rings. The van der Waals surface area contributed by atoms with Gasteiger partial charge in [-0.15, -0.1) is 0 Å². The third-order valence-corrected chi connectivity index (χ3v) is 9.33. The van der Waals surface area contributed by atoms with Gasteiger partial charge >= 0.3 is 0 Å². The summed E-state index contributed by atoms with van der Waals surface area (Å²) in [5.41, 5.74) is 1.06. The van der Waals surface area contributed by atoms with Crippen LogP contribution >= 0.6 is 15.9 Å². The minimum Gasteiger partial charge on any atom is -0.497 e. The van der Waals surface area contributed by atoms with Crippen LogP contribution in [0.15, 0.2) is 82.2 Å². The topological polar surface area (TPSA) is 105 Å². The van der Waals surface area contributed by atoms with Gasteiger partial charge in [-0.1, -0.05) is 41.9 Å². The predicted molar refractivity (Wildman–Crippen MR) is 172 cm³/mol. The van der Waals surface area contributed by atoms with Crippen LogP contribution < -0.4 is 19.1 Å². The number of carbonyl (C=O) groups is 2. The van der Waals surface area contributed by atoms with Gasteiger partial charge in [0.15, 0.2) is 0 Å². The Morgan fingerprint density at radius 2 is 1.49 bits per heavy atom. The van der Waals surface area contributed by atoms with Crippen molar-refractivity contribution in [2.24, 2.45) is 0 Å². The minimum atomic E-state index is -4.17. The van der Waals surface area contributed by atoms with Crippen LogP contribution in [-0.4, -0.2) is 57.5 Å². The molecule has 0 unspecified atom stereocenters. The van der Waals surface area contributed by atoms with E-state index >= 15 is 0 Å². The number of nitrogens with zero attached hydrogens (tertiary/aromatic N) is 2. The zero-order valence-corrected chi connectivity index (χ0v) is 27.7. The van der Waals surface area contributed by atoms with Crippen LogP contribution in [0.25, 0.3) is 0 Å². The summed E-state index contributed by atoms with van der Waals surface area (Å²) >= 11 is 3.35. The first kappa shape index (κ1) is 33.9. The fourth-order valence-corrected chi connectivity index (χ4v) is 6.10. The Morgan fingerprint density at radius 1 is 0.884 bits per heavy atom. The van der Waals surface area contributed by atoms with Gasteiger partial charge in [-0.05, 0) is 92.9 Å². The SMILES string of the molecule is CCOc1ccc(N(CC(=O)N(Cc2ccc(OC)cc2)[C@@H](CC)C(=O)N[C@@H](C)CC)S(=O)(=O)c2ccc(Br)cc2)cc1. The average Bonchev–Trinajstić information content (AvgIpc) is 3.00. The second kappa shape index (κ2) is 15.8. The third kappa shape index (κ3) is 8.96. The molecule has 0 fully saturated rings. The number of anilines is 1. The molecular weight excluding hydrogens is 634 g/mol. The zero-order valence-electron chi connectivity index (χ0n) is 25.2. The van der Waals surface area contributed by atoms with E-state index in [2.05, 4.69) is 21.2 Å². The van der Waals surface area contributed by atoms with E-state index in [1.165, 1.54) is 17.0 Å². The highest BCUT2D eigenvalue weighted by molar-refractivity contribution is 9.10. The molecule has 0 heterocycles. The van der Waals surface area contributed by atoms with Crippen molar-refractivity contribution >= 4 is 43.5 Å². The number of sulfonamides is 1. The van der Waals surface area contributed by atoms with Crippen LogP contribution in [0.1, 0.15) is 46.1 Å². The number of carbonyl (C=O) groups excluding carboxylic acids is 2. The maximum absolute atomic E-state index is 14.2. The normalized spacial score (nSPS) is 12.6. The summed E-state index contributed by atoms with van der Waals surface area (Å²) in [4.78, 5) is 29.1. The van der Waals surface area contributed by atoms with E-state index in [4.69, 9.17) is 9.47 Å². The van der Waals surface area contributed by atoms with Gasteiger partial charge in [-0.3, -0.25) is 13.9 Å². The van der Waals surface area contributed by atoms with Crippen molar-refractivity contribution in [3.8, 4) is 11.5 Å². The molecule has 1 N–H and O–H groups in total. The Bertz CT molecular complexity index is 1450. The van der Waals surface area contributed by atoms with Crippen LogP contribution in [0.3, 0.4) is 0 Å². The van der Waals surface area contributed by atoms with Crippen molar-refractivity contribution in [3.05, 3.63) is 82.8 Å². The maximum atomic E-state index is 14.2. The number of rotatable bonds is 15. The van der Waals surface area contributed by atoms with Gasteiger partial charge < -0.3 is 19.7 Å². The Morgan fingerprint density at radius 3 is 2.02 bits per heavy atom. The molecule has 0 aromatic heterocycles. The molecule has 3 aromatic rings. The van der Waals surface area contributed by atoms with E-state index in [-0.39, 0.29) is 23.4 Å². The van der Waals surface area contributed by atoms with Crippen LogP contribution in [-0.2, 0) is 26.2 Å². The van der Waals surface area contributed by atoms with E-state index in [9.17, 15) is 18.0 Å². The molecule has 9 nitrogen and oxygen atoms in total. The molecule has 3 rings (SSSR count). The van der Waals surface area contributed by atoms with Crippen LogP contribution in [0.2, 0.25) is 0 Å². The van der Waals surface area contributed by atoms with Crippen molar-refractivity contribution in [3.63, 3.8) is 0 Å². The molecule has 43 heavy (non-hydrogen) atoms.